The number of para-hydroxylation sites is 1. The standard InChI is InChI=1S/C20H16O2/c21-19-9-5-4-8-17(19)18-14-16(12-13-20(18)22)11-10-15-6-2-1-3-7-15/h1-14,21-22H. The van der Waals surface area contributed by atoms with Gasteiger partial charge in [0.2, 0.25) is 0 Å². The van der Waals surface area contributed by atoms with Crippen LogP contribution in [-0.4, -0.2) is 10.2 Å². The molecular weight excluding hydrogens is 272 g/mol. The molecule has 3 rings (SSSR count). The van der Waals surface area contributed by atoms with Crippen molar-refractivity contribution in [2.24, 2.45) is 0 Å². The first kappa shape index (κ1) is 14.0. The van der Waals surface area contributed by atoms with Gasteiger partial charge in [0.05, 0.1) is 0 Å². The average molecular weight is 288 g/mol. The summed E-state index contributed by atoms with van der Waals surface area (Å²) in [5.41, 5.74) is 3.31. The second kappa shape index (κ2) is 6.19. The quantitative estimate of drug-likeness (QED) is 0.670. The normalized spacial score (nSPS) is 10.9. The maximum Gasteiger partial charge on any atom is 0.123 e. The van der Waals surface area contributed by atoms with Gasteiger partial charge in [-0.25, -0.2) is 0 Å². The lowest BCUT2D eigenvalue weighted by atomic mass is 10.0. The molecular formula is C20H16O2. The summed E-state index contributed by atoms with van der Waals surface area (Å²) in [6.45, 7) is 0. The molecule has 0 heterocycles. The molecule has 0 fully saturated rings. The molecule has 0 amide bonds. The van der Waals surface area contributed by atoms with Crippen LogP contribution in [0.1, 0.15) is 11.1 Å². The van der Waals surface area contributed by atoms with Gasteiger partial charge in [-0.3, -0.25) is 0 Å². The van der Waals surface area contributed by atoms with Crippen LogP contribution >= 0.6 is 0 Å². The molecule has 0 radical (unpaired) electrons. The summed E-state index contributed by atoms with van der Waals surface area (Å²) in [5, 5.41) is 20.0. The Balaban J connectivity index is 1.97. The van der Waals surface area contributed by atoms with E-state index in [-0.39, 0.29) is 11.5 Å². The van der Waals surface area contributed by atoms with E-state index in [9.17, 15) is 10.2 Å². The second-order valence-electron chi connectivity index (χ2n) is 5.04. The molecule has 0 aliphatic heterocycles. The number of benzene rings is 3. The van der Waals surface area contributed by atoms with Crippen LogP contribution in [0, 0.1) is 0 Å². The summed E-state index contributed by atoms with van der Waals surface area (Å²) >= 11 is 0. The highest BCUT2D eigenvalue weighted by molar-refractivity contribution is 5.79. The Kier molecular flexibility index (Phi) is 3.92. The highest BCUT2D eigenvalue weighted by Crippen LogP contribution is 2.35. The molecule has 2 nitrogen and oxygen atoms in total. The molecule has 2 heteroatoms. The van der Waals surface area contributed by atoms with Gasteiger partial charge in [-0.1, -0.05) is 66.7 Å². The van der Waals surface area contributed by atoms with E-state index in [1.54, 1.807) is 24.3 Å². The minimum Gasteiger partial charge on any atom is -0.507 e. The Labute approximate surface area is 129 Å². The number of rotatable bonds is 3. The fourth-order valence-electron chi connectivity index (χ4n) is 2.33. The topological polar surface area (TPSA) is 40.5 Å². The van der Waals surface area contributed by atoms with Crippen LogP contribution in [-0.2, 0) is 0 Å². The van der Waals surface area contributed by atoms with Gasteiger partial charge in [-0.2, -0.15) is 0 Å². The van der Waals surface area contributed by atoms with E-state index in [1.807, 2.05) is 60.7 Å². The molecule has 0 bridgehead atoms. The first-order chi connectivity index (χ1) is 10.7. The van der Waals surface area contributed by atoms with Crippen LogP contribution in [0.25, 0.3) is 23.3 Å². The first-order valence-electron chi connectivity index (χ1n) is 7.08. The highest BCUT2D eigenvalue weighted by Gasteiger charge is 2.08. The maximum atomic E-state index is 10.1. The summed E-state index contributed by atoms with van der Waals surface area (Å²) < 4.78 is 0. The molecule has 0 atom stereocenters. The fraction of sp³-hybridized carbons (Fsp3) is 0. The van der Waals surface area contributed by atoms with Crippen LogP contribution < -0.4 is 0 Å². The summed E-state index contributed by atoms with van der Waals surface area (Å²) in [6.07, 6.45) is 4.00. The van der Waals surface area contributed by atoms with Gasteiger partial charge >= 0.3 is 0 Å². The number of aromatic hydroxyl groups is 2. The van der Waals surface area contributed by atoms with Gasteiger partial charge in [0.25, 0.3) is 0 Å². The van der Waals surface area contributed by atoms with Crippen molar-refractivity contribution in [1.29, 1.82) is 0 Å². The van der Waals surface area contributed by atoms with Crippen molar-refractivity contribution in [3.63, 3.8) is 0 Å². The molecule has 0 saturated carbocycles. The molecule has 2 N–H and O–H groups in total. The molecule has 0 unspecified atom stereocenters. The third-order valence-corrected chi connectivity index (χ3v) is 3.48. The Morgan fingerprint density at radius 2 is 1.18 bits per heavy atom. The van der Waals surface area contributed by atoms with Crippen LogP contribution in [0.4, 0.5) is 0 Å². The van der Waals surface area contributed by atoms with E-state index < -0.39 is 0 Å². The summed E-state index contributed by atoms with van der Waals surface area (Å²) in [6, 6.07) is 22.4. The zero-order valence-corrected chi connectivity index (χ0v) is 12.0. The van der Waals surface area contributed by atoms with Crippen molar-refractivity contribution in [3.8, 4) is 22.6 Å². The molecule has 0 spiro atoms. The highest BCUT2D eigenvalue weighted by atomic mass is 16.3. The summed E-state index contributed by atoms with van der Waals surface area (Å²) in [7, 11) is 0. The monoisotopic (exact) mass is 288 g/mol. The predicted octanol–water partition coefficient (Wildman–Crippen LogP) is 4.94. The zero-order valence-electron chi connectivity index (χ0n) is 12.0. The van der Waals surface area contributed by atoms with Crippen molar-refractivity contribution in [2.45, 2.75) is 0 Å². The summed E-state index contributed by atoms with van der Waals surface area (Å²) in [5.74, 6) is 0.306. The molecule has 0 aliphatic rings. The Morgan fingerprint density at radius 3 is 1.95 bits per heavy atom. The lowest BCUT2D eigenvalue weighted by Crippen LogP contribution is -1.82. The molecule has 22 heavy (non-hydrogen) atoms. The van der Waals surface area contributed by atoms with Crippen molar-refractivity contribution in [1.82, 2.24) is 0 Å². The molecule has 0 aromatic heterocycles. The van der Waals surface area contributed by atoms with Crippen molar-refractivity contribution in [2.75, 3.05) is 0 Å². The van der Waals surface area contributed by atoms with Gasteiger partial charge in [-0.05, 0) is 29.3 Å². The number of hydrogen-bond acceptors (Lipinski definition) is 2. The molecule has 3 aromatic carbocycles. The SMILES string of the molecule is Oc1ccccc1-c1cc(C=Cc2ccccc2)ccc1O. The lowest BCUT2D eigenvalue weighted by molar-refractivity contribution is 0.469. The Bertz CT molecular complexity index is 805. The molecule has 0 aliphatic carbocycles. The third-order valence-electron chi connectivity index (χ3n) is 3.48. The largest absolute Gasteiger partial charge is 0.507 e. The van der Waals surface area contributed by atoms with E-state index in [2.05, 4.69) is 0 Å². The molecule has 108 valence electrons. The van der Waals surface area contributed by atoms with Crippen molar-refractivity contribution >= 4 is 12.2 Å². The smallest absolute Gasteiger partial charge is 0.123 e. The van der Waals surface area contributed by atoms with Crippen LogP contribution in [0.15, 0.2) is 72.8 Å². The fourth-order valence-corrected chi connectivity index (χ4v) is 2.33. The molecule has 0 saturated heterocycles. The van der Waals surface area contributed by atoms with E-state index in [1.165, 1.54) is 0 Å². The molecule has 3 aromatic rings. The average Bonchev–Trinajstić information content (AvgIpc) is 2.56. The minimum absolute atomic E-state index is 0.151. The van der Waals surface area contributed by atoms with Gasteiger partial charge in [-0.15, -0.1) is 0 Å². The second-order valence-corrected chi connectivity index (χ2v) is 5.04. The first-order valence-corrected chi connectivity index (χ1v) is 7.08. The Morgan fingerprint density at radius 1 is 0.545 bits per heavy atom. The predicted molar refractivity (Wildman–Crippen MR) is 90.6 cm³/mol. The van der Waals surface area contributed by atoms with Gasteiger partial charge in [0, 0.05) is 11.1 Å². The van der Waals surface area contributed by atoms with Crippen molar-refractivity contribution in [3.05, 3.63) is 83.9 Å². The van der Waals surface area contributed by atoms with E-state index >= 15 is 0 Å². The summed E-state index contributed by atoms with van der Waals surface area (Å²) in [4.78, 5) is 0. The van der Waals surface area contributed by atoms with Gasteiger partial charge in [0.15, 0.2) is 0 Å². The Hall–Kier alpha value is -3.00. The van der Waals surface area contributed by atoms with E-state index in [4.69, 9.17) is 0 Å². The van der Waals surface area contributed by atoms with Gasteiger partial charge in [0.1, 0.15) is 11.5 Å². The minimum atomic E-state index is 0.151. The van der Waals surface area contributed by atoms with Gasteiger partial charge < -0.3 is 10.2 Å². The zero-order chi connectivity index (χ0) is 15.4. The number of hydrogen-bond donors (Lipinski definition) is 2. The van der Waals surface area contributed by atoms with Crippen LogP contribution in [0.2, 0.25) is 0 Å². The number of phenolic OH excluding ortho intramolecular Hbond substituents is 2. The van der Waals surface area contributed by atoms with Crippen LogP contribution in [0.5, 0.6) is 11.5 Å². The van der Waals surface area contributed by atoms with Crippen LogP contribution in [0.3, 0.4) is 0 Å². The number of phenols is 2. The lowest BCUT2D eigenvalue weighted by Gasteiger charge is -2.08. The van der Waals surface area contributed by atoms with E-state index in [0.29, 0.717) is 11.1 Å². The van der Waals surface area contributed by atoms with E-state index in [0.717, 1.165) is 11.1 Å². The third kappa shape index (κ3) is 3.01. The van der Waals surface area contributed by atoms with Crippen molar-refractivity contribution < 1.29 is 10.2 Å². The maximum absolute atomic E-state index is 10.1.